The van der Waals surface area contributed by atoms with Crippen LogP contribution in [0.1, 0.15) is 5.56 Å². The molecular weight excluding hydrogens is 513 g/mol. The number of amides is 1. The van der Waals surface area contributed by atoms with Crippen molar-refractivity contribution in [3.63, 3.8) is 0 Å². The SMILES string of the molecule is C=CC(=O)Nc1cccc(-n2cc(C)c(=O)c3cnc(Nc4ccc(N5CCN(CCO)CC5)cc4F)nc32)c1. The molecule has 0 aliphatic carbocycles. The second kappa shape index (κ2) is 11.6. The molecule has 40 heavy (non-hydrogen) atoms. The Bertz CT molecular complexity index is 1630. The summed E-state index contributed by atoms with van der Waals surface area (Å²) in [6, 6.07) is 12.1. The molecule has 0 atom stereocenters. The highest BCUT2D eigenvalue weighted by Crippen LogP contribution is 2.26. The fraction of sp³-hybridized carbons (Fsp3) is 0.241. The molecule has 0 unspecified atom stereocenters. The van der Waals surface area contributed by atoms with Gasteiger partial charge in [0.05, 0.1) is 17.7 Å². The standard InChI is InChI=1S/C29H30FN7O3/c1-3-26(39)32-20-5-4-6-22(15-20)37-18-19(2)27(40)23-17-31-29(34-28(23)37)33-25-8-7-21(16-24(25)30)36-11-9-35(10-12-36)13-14-38/h3-8,15-18,38H,1,9-14H2,2H3,(H,32,39)(H,31,33,34). The van der Waals surface area contributed by atoms with E-state index >= 15 is 4.39 Å². The number of halogens is 1. The number of hydrogen-bond acceptors (Lipinski definition) is 8. The normalized spacial score (nSPS) is 13.8. The van der Waals surface area contributed by atoms with Crippen LogP contribution in [-0.2, 0) is 4.79 Å². The minimum atomic E-state index is -0.453. The van der Waals surface area contributed by atoms with Crippen molar-refractivity contribution >= 4 is 40.0 Å². The first kappa shape index (κ1) is 27.0. The molecule has 3 N–H and O–H groups in total. The van der Waals surface area contributed by atoms with Gasteiger partial charge in [0.2, 0.25) is 11.9 Å². The number of aromatic nitrogens is 3. The smallest absolute Gasteiger partial charge is 0.247 e. The largest absolute Gasteiger partial charge is 0.395 e. The van der Waals surface area contributed by atoms with Crippen LogP contribution < -0.4 is 21.0 Å². The zero-order valence-electron chi connectivity index (χ0n) is 22.1. The summed E-state index contributed by atoms with van der Waals surface area (Å²) in [5.41, 5.74) is 2.82. The lowest BCUT2D eigenvalue weighted by Gasteiger charge is -2.35. The molecule has 1 fully saturated rings. The molecule has 5 rings (SSSR count). The van der Waals surface area contributed by atoms with Crippen LogP contribution in [0.25, 0.3) is 16.7 Å². The number of nitrogens with one attached hydrogen (secondary N) is 2. The van der Waals surface area contributed by atoms with Crippen molar-refractivity contribution in [3.8, 4) is 5.69 Å². The van der Waals surface area contributed by atoms with Crippen LogP contribution in [0, 0.1) is 12.7 Å². The molecule has 4 aromatic rings. The molecule has 0 radical (unpaired) electrons. The van der Waals surface area contributed by atoms with Crippen LogP contribution in [0.2, 0.25) is 0 Å². The number of rotatable bonds is 8. The minimum absolute atomic E-state index is 0.127. The van der Waals surface area contributed by atoms with Gasteiger partial charge >= 0.3 is 0 Å². The van der Waals surface area contributed by atoms with Gasteiger partial charge < -0.3 is 25.2 Å². The molecule has 206 valence electrons. The molecule has 1 amide bonds. The molecule has 10 nitrogen and oxygen atoms in total. The number of hydrogen-bond donors (Lipinski definition) is 3. The van der Waals surface area contributed by atoms with Gasteiger partial charge in [0.15, 0.2) is 11.1 Å². The summed E-state index contributed by atoms with van der Waals surface area (Å²) in [6.07, 6.45) is 4.28. The molecule has 0 bridgehead atoms. The van der Waals surface area contributed by atoms with Gasteiger partial charge in [0.25, 0.3) is 0 Å². The quantitative estimate of drug-likeness (QED) is 0.290. The number of benzene rings is 2. The van der Waals surface area contributed by atoms with Gasteiger partial charge in [0, 0.05) is 67.7 Å². The van der Waals surface area contributed by atoms with Gasteiger partial charge in [-0.15, -0.1) is 0 Å². The lowest BCUT2D eigenvalue weighted by molar-refractivity contribution is -0.111. The molecule has 0 spiro atoms. The van der Waals surface area contributed by atoms with Crippen molar-refractivity contribution in [1.29, 1.82) is 0 Å². The third-order valence-electron chi connectivity index (χ3n) is 6.85. The van der Waals surface area contributed by atoms with Crippen LogP contribution >= 0.6 is 0 Å². The van der Waals surface area contributed by atoms with Crippen molar-refractivity contribution in [2.24, 2.45) is 0 Å². The van der Waals surface area contributed by atoms with Crippen molar-refractivity contribution in [3.05, 3.63) is 89.1 Å². The van der Waals surface area contributed by atoms with E-state index in [1.807, 2.05) is 12.1 Å². The number of nitrogens with zero attached hydrogens (tertiary/aromatic N) is 5. The second-order valence-electron chi connectivity index (χ2n) is 9.53. The molecule has 1 saturated heterocycles. The van der Waals surface area contributed by atoms with Gasteiger partial charge in [-0.3, -0.25) is 14.5 Å². The Morgan fingerprint density at radius 1 is 1.15 bits per heavy atom. The predicted molar refractivity (Wildman–Crippen MR) is 154 cm³/mol. The summed E-state index contributed by atoms with van der Waals surface area (Å²) in [5, 5.41) is 15.1. The van der Waals surface area contributed by atoms with Gasteiger partial charge in [0.1, 0.15) is 5.82 Å². The average Bonchev–Trinajstić information content (AvgIpc) is 2.96. The van der Waals surface area contributed by atoms with E-state index in [9.17, 15) is 9.59 Å². The first-order valence-corrected chi connectivity index (χ1v) is 12.9. The molecule has 1 aliphatic heterocycles. The fourth-order valence-electron chi connectivity index (χ4n) is 4.72. The van der Waals surface area contributed by atoms with Gasteiger partial charge in [-0.1, -0.05) is 12.6 Å². The van der Waals surface area contributed by atoms with Crippen LogP contribution in [0.3, 0.4) is 0 Å². The van der Waals surface area contributed by atoms with Gasteiger partial charge in [-0.05, 0) is 49.4 Å². The topological polar surface area (TPSA) is 116 Å². The van der Waals surface area contributed by atoms with Crippen LogP contribution in [-0.4, -0.2) is 69.8 Å². The molecule has 11 heteroatoms. The summed E-state index contributed by atoms with van der Waals surface area (Å²) in [6.45, 7) is 9.04. The first-order chi connectivity index (χ1) is 19.4. The van der Waals surface area contributed by atoms with E-state index in [2.05, 4.69) is 37.0 Å². The second-order valence-corrected chi connectivity index (χ2v) is 9.53. The van der Waals surface area contributed by atoms with Gasteiger partial charge in [-0.25, -0.2) is 9.37 Å². The monoisotopic (exact) mass is 543 g/mol. The Morgan fingerprint density at radius 2 is 1.95 bits per heavy atom. The maximum absolute atomic E-state index is 15.2. The maximum Gasteiger partial charge on any atom is 0.247 e. The lowest BCUT2D eigenvalue weighted by Crippen LogP contribution is -2.47. The van der Waals surface area contributed by atoms with E-state index in [0.717, 1.165) is 31.9 Å². The molecule has 2 aromatic heterocycles. The zero-order chi connectivity index (χ0) is 28.2. The number of anilines is 4. The van der Waals surface area contributed by atoms with Gasteiger partial charge in [-0.2, -0.15) is 4.98 Å². The maximum atomic E-state index is 15.2. The molecule has 1 aliphatic rings. The summed E-state index contributed by atoms with van der Waals surface area (Å²) >= 11 is 0. The Morgan fingerprint density at radius 3 is 2.67 bits per heavy atom. The van der Waals surface area contributed by atoms with E-state index in [0.29, 0.717) is 34.5 Å². The highest BCUT2D eigenvalue weighted by atomic mass is 19.1. The fourth-order valence-corrected chi connectivity index (χ4v) is 4.72. The molecule has 0 saturated carbocycles. The number of carbonyl (C=O) groups excluding carboxylic acids is 1. The van der Waals surface area contributed by atoms with E-state index in [-0.39, 0.29) is 29.6 Å². The molecular formula is C29H30FN7O3. The Balaban J connectivity index is 1.43. The van der Waals surface area contributed by atoms with E-state index in [1.54, 1.807) is 42.0 Å². The summed E-state index contributed by atoms with van der Waals surface area (Å²) in [7, 11) is 0. The van der Waals surface area contributed by atoms with Crippen LogP contribution in [0.5, 0.6) is 0 Å². The Kier molecular flexibility index (Phi) is 7.85. The predicted octanol–water partition coefficient (Wildman–Crippen LogP) is 3.21. The third-order valence-corrected chi connectivity index (χ3v) is 6.85. The Labute approximate surface area is 230 Å². The number of β-amino-alcohol motifs (C(OH)–C–C–N with tert-alkyl or cyclic N) is 1. The highest BCUT2D eigenvalue weighted by molar-refractivity contribution is 5.99. The Hall–Kier alpha value is -4.61. The zero-order valence-corrected chi connectivity index (χ0v) is 22.1. The number of piperazine rings is 1. The summed E-state index contributed by atoms with van der Waals surface area (Å²) in [4.78, 5) is 37.8. The number of carbonyl (C=O) groups is 1. The third kappa shape index (κ3) is 5.70. The van der Waals surface area contributed by atoms with Crippen molar-refractivity contribution in [2.45, 2.75) is 6.92 Å². The van der Waals surface area contributed by atoms with Crippen LogP contribution in [0.4, 0.5) is 27.4 Å². The van der Waals surface area contributed by atoms with E-state index in [1.165, 1.54) is 18.3 Å². The summed E-state index contributed by atoms with van der Waals surface area (Å²) in [5.74, 6) is -0.667. The highest BCUT2D eigenvalue weighted by Gasteiger charge is 2.18. The number of aliphatic hydroxyl groups is 1. The first-order valence-electron chi connectivity index (χ1n) is 12.9. The van der Waals surface area contributed by atoms with Crippen molar-refractivity contribution < 1.29 is 14.3 Å². The van der Waals surface area contributed by atoms with E-state index < -0.39 is 5.82 Å². The van der Waals surface area contributed by atoms with E-state index in [4.69, 9.17) is 5.11 Å². The van der Waals surface area contributed by atoms with Crippen molar-refractivity contribution in [2.75, 3.05) is 54.9 Å². The van der Waals surface area contributed by atoms with Crippen molar-refractivity contribution in [1.82, 2.24) is 19.4 Å². The number of aryl methyl sites for hydroxylation is 1. The number of pyridine rings is 1. The molecule has 3 heterocycles. The van der Waals surface area contributed by atoms with Crippen LogP contribution in [0.15, 0.2) is 72.3 Å². The lowest BCUT2D eigenvalue weighted by atomic mass is 10.2. The molecule has 2 aromatic carbocycles. The average molecular weight is 544 g/mol. The number of fused-ring (bicyclic) bond motifs is 1. The summed E-state index contributed by atoms with van der Waals surface area (Å²) < 4.78 is 16.9. The number of aliphatic hydroxyl groups excluding tert-OH is 1. The minimum Gasteiger partial charge on any atom is -0.395 e.